The van der Waals surface area contributed by atoms with Gasteiger partial charge in [0.2, 0.25) is 17.7 Å². The lowest BCUT2D eigenvalue weighted by Gasteiger charge is -2.39. The van der Waals surface area contributed by atoms with E-state index in [-0.39, 0.29) is 62.5 Å². The first kappa shape index (κ1) is 37.3. The van der Waals surface area contributed by atoms with Crippen molar-refractivity contribution in [2.24, 2.45) is 0 Å². The van der Waals surface area contributed by atoms with E-state index >= 15 is 0 Å². The minimum Gasteiger partial charge on any atom is -0.470 e. The molecule has 0 spiro atoms. The van der Waals surface area contributed by atoms with Crippen molar-refractivity contribution in [3.63, 3.8) is 0 Å². The van der Waals surface area contributed by atoms with Crippen LogP contribution >= 0.6 is 0 Å². The first-order valence-corrected chi connectivity index (χ1v) is 18.3. The van der Waals surface area contributed by atoms with E-state index in [2.05, 4.69) is 30.7 Å². The van der Waals surface area contributed by atoms with E-state index in [4.69, 9.17) is 19.6 Å². The molecule has 1 aliphatic heterocycles. The fourth-order valence-electron chi connectivity index (χ4n) is 6.66. The number of nitrogens with zero attached hydrogens (tertiary/aromatic N) is 9. The third-order valence-electron chi connectivity index (χ3n) is 9.48. The molecule has 0 aromatic carbocycles. The van der Waals surface area contributed by atoms with Gasteiger partial charge in [-0.25, -0.2) is 36.7 Å². The monoisotopic (exact) mass is 755 g/mol. The maximum atomic E-state index is 13.9. The van der Waals surface area contributed by atoms with Crippen molar-refractivity contribution in [1.82, 2.24) is 44.4 Å². The standard InChI is InChI=1S/C36H45F4N11O3/c1-22-10-15-50(47-22)31-43-25(17-28(44-31)42-26-9-14-36(39,40)19-26)6-5-24-11-16-51(48-24)32-45-29(41-23-7-12-35(37,38)13-8-23)18-30(46-32)53-27-20-49(21-27)33(52)54-34(2,3)4/h10-11,15-18,23,26-27H,5-9,12-14,19-21H2,1-4H3,(H,41,45,46)(H,42,43,44). The van der Waals surface area contributed by atoms with Crippen molar-refractivity contribution in [2.45, 2.75) is 121 Å². The van der Waals surface area contributed by atoms with Crippen molar-refractivity contribution in [3.8, 4) is 17.8 Å². The number of nitrogens with one attached hydrogen (secondary N) is 2. The third-order valence-corrected chi connectivity index (χ3v) is 9.48. The second kappa shape index (κ2) is 14.7. The maximum absolute atomic E-state index is 13.9. The average Bonchev–Trinajstić information content (AvgIpc) is 3.81. The van der Waals surface area contributed by atoms with Gasteiger partial charge >= 0.3 is 6.09 Å². The van der Waals surface area contributed by atoms with E-state index in [9.17, 15) is 22.4 Å². The predicted octanol–water partition coefficient (Wildman–Crippen LogP) is 6.32. The Balaban J connectivity index is 1.06. The molecule has 4 aromatic rings. The number of alkyl halides is 4. The van der Waals surface area contributed by atoms with Crippen molar-refractivity contribution in [2.75, 3.05) is 23.7 Å². The Kier molecular flexibility index (Phi) is 10.1. The highest BCUT2D eigenvalue weighted by Gasteiger charge is 2.40. The Morgan fingerprint density at radius 1 is 0.815 bits per heavy atom. The first-order valence-electron chi connectivity index (χ1n) is 18.3. The van der Waals surface area contributed by atoms with Gasteiger partial charge in [0.1, 0.15) is 23.3 Å². The molecule has 7 rings (SSSR count). The zero-order valence-corrected chi connectivity index (χ0v) is 30.7. The number of aryl methyl sites for hydroxylation is 3. The molecule has 2 aliphatic carbocycles. The number of hydrogen-bond acceptors (Lipinski definition) is 11. The van der Waals surface area contributed by atoms with Gasteiger partial charge in [-0.15, -0.1) is 0 Å². The molecule has 3 aliphatic rings. The normalized spacial score (nSPS) is 20.1. The van der Waals surface area contributed by atoms with E-state index in [0.29, 0.717) is 61.3 Å². The van der Waals surface area contributed by atoms with Gasteiger partial charge in [-0.05, 0) is 71.9 Å². The summed E-state index contributed by atoms with van der Waals surface area (Å²) in [5.41, 5.74) is 1.55. The molecule has 18 heteroatoms. The molecule has 5 heterocycles. The number of halogens is 4. The molecule has 0 bridgehead atoms. The number of carbonyl (C=O) groups excluding carboxylic acids is 1. The van der Waals surface area contributed by atoms with Gasteiger partial charge in [0.15, 0.2) is 0 Å². The molecule has 3 fully saturated rings. The summed E-state index contributed by atoms with van der Waals surface area (Å²) < 4.78 is 70.3. The molecule has 54 heavy (non-hydrogen) atoms. The minimum atomic E-state index is -2.70. The first-order chi connectivity index (χ1) is 25.5. The number of ether oxygens (including phenoxy) is 2. The second-order valence-corrected chi connectivity index (χ2v) is 15.4. The van der Waals surface area contributed by atoms with Crippen LogP contribution in [-0.4, -0.2) is 99.2 Å². The molecule has 1 atom stereocenters. The summed E-state index contributed by atoms with van der Waals surface area (Å²) in [7, 11) is 0. The highest BCUT2D eigenvalue weighted by atomic mass is 19.3. The molecule has 290 valence electrons. The van der Waals surface area contributed by atoms with Gasteiger partial charge in [0.05, 0.1) is 24.5 Å². The number of carbonyl (C=O) groups is 1. The highest BCUT2D eigenvalue weighted by molar-refractivity contribution is 5.69. The number of rotatable bonds is 11. The maximum Gasteiger partial charge on any atom is 0.410 e. The Morgan fingerprint density at radius 2 is 1.43 bits per heavy atom. The zero-order chi connectivity index (χ0) is 38.3. The van der Waals surface area contributed by atoms with Crippen molar-refractivity contribution in [1.29, 1.82) is 0 Å². The summed E-state index contributed by atoms with van der Waals surface area (Å²) in [5, 5.41) is 15.6. The fourth-order valence-corrected chi connectivity index (χ4v) is 6.66. The number of likely N-dealkylation sites (tertiary alicyclic amines) is 1. The lowest BCUT2D eigenvalue weighted by atomic mass is 9.92. The average molecular weight is 756 g/mol. The zero-order valence-electron chi connectivity index (χ0n) is 30.7. The number of amides is 1. The van der Waals surface area contributed by atoms with Gasteiger partial charge < -0.3 is 25.0 Å². The Labute approximate surface area is 310 Å². The lowest BCUT2D eigenvalue weighted by molar-refractivity contribution is -0.0361. The second-order valence-electron chi connectivity index (χ2n) is 15.4. The van der Waals surface area contributed by atoms with Crippen LogP contribution < -0.4 is 15.4 Å². The molecule has 1 amide bonds. The van der Waals surface area contributed by atoms with Gasteiger partial charge in [-0.1, -0.05) is 0 Å². The number of anilines is 2. The summed E-state index contributed by atoms with van der Waals surface area (Å²) in [6.45, 7) is 7.89. The van der Waals surface area contributed by atoms with Crippen molar-refractivity contribution >= 4 is 17.7 Å². The predicted molar refractivity (Wildman–Crippen MR) is 190 cm³/mol. The molecule has 4 aromatic heterocycles. The van der Waals surface area contributed by atoms with Crippen LogP contribution in [0.5, 0.6) is 5.88 Å². The molecule has 1 unspecified atom stereocenters. The Morgan fingerprint density at radius 3 is 2.09 bits per heavy atom. The van der Waals surface area contributed by atoms with Crippen molar-refractivity contribution < 1.29 is 31.8 Å². The molecular formula is C36H45F4N11O3. The van der Waals surface area contributed by atoms with E-state index in [1.54, 1.807) is 54.9 Å². The number of aromatic nitrogens is 8. The van der Waals surface area contributed by atoms with Crippen LogP contribution in [0.4, 0.5) is 34.0 Å². The molecule has 2 saturated carbocycles. The Bertz CT molecular complexity index is 1950. The third kappa shape index (κ3) is 9.55. The van der Waals surface area contributed by atoms with Crippen LogP contribution in [0, 0.1) is 6.92 Å². The minimum absolute atomic E-state index is 0.167. The van der Waals surface area contributed by atoms with Crippen LogP contribution in [0.1, 0.15) is 82.8 Å². The smallest absolute Gasteiger partial charge is 0.410 e. The van der Waals surface area contributed by atoms with E-state index in [0.717, 1.165) is 5.69 Å². The lowest BCUT2D eigenvalue weighted by Crippen LogP contribution is -2.57. The number of hydrogen-bond donors (Lipinski definition) is 2. The highest BCUT2D eigenvalue weighted by Crippen LogP contribution is 2.37. The summed E-state index contributed by atoms with van der Waals surface area (Å²) in [6, 6.07) is 6.44. The molecule has 14 nitrogen and oxygen atoms in total. The summed E-state index contributed by atoms with van der Waals surface area (Å²) >= 11 is 0. The van der Waals surface area contributed by atoms with Crippen LogP contribution in [0.25, 0.3) is 11.9 Å². The molecule has 1 saturated heterocycles. The molecule has 2 N–H and O–H groups in total. The molecule has 0 radical (unpaired) electrons. The summed E-state index contributed by atoms with van der Waals surface area (Å²) in [6.07, 6.45) is 3.72. The topological polar surface area (TPSA) is 150 Å². The fraction of sp³-hybridized carbons (Fsp3) is 0.583. The SMILES string of the molecule is Cc1ccn(-c2nc(CCc3ccn(-c4nc(NC5CCC(F)(F)CC5)cc(OC5CN(C(=O)OC(C)(C)C)C5)n4)n3)cc(NC3CCC(F)(F)C3)n2)n1. The summed E-state index contributed by atoms with van der Waals surface area (Å²) in [4.78, 5) is 32.5. The summed E-state index contributed by atoms with van der Waals surface area (Å²) in [5.74, 6) is -3.73. The van der Waals surface area contributed by atoms with Crippen LogP contribution in [0.2, 0.25) is 0 Å². The van der Waals surface area contributed by atoms with E-state index in [1.165, 1.54) is 4.68 Å². The van der Waals surface area contributed by atoms with E-state index in [1.807, 2.05) is 19.1 Å². The van der Waals surface area contributed by atoms with Gasteiger partial charge in [-0.3, -0.25) is 0 Å². The quantitative estimate of drug-likeness (QED) is 0.166. The van der Waals surface area contributed by atoms with Crippen LogP contribution in [0.3, 0.4) is 0 Å². The van der Waals surface area contributed by atoms with Crippen LogP contribution in [0.15, 0.2) is 36.7 Å². The van der Waals surface area contributed by atoms with Gasteiger partial charge in [0, 0.05) is 68.0 Å². The Hall–Kier alpha value is -5.03. The largest absolute Gasteiger partial charge is 0.470 e. The van der Waals surface area contributed by atoms with Gasteiger partial charge in [-0.2, -0.15) is 25.1 Å². The van der Waals surface area contributed by atoms with Crippen LogP contribution in [-0.2, 0) is 17.6 Å². The molecular weight excluding hydrogens is 710 g/mol. The van der Waals surface area contributed by atoms with E-state index < -0.39 is 29.6 Å². The van der Waals surface area contributed by atoms with Gasteiger partial charge in [0.25, 0.3) is 11.9 Å². The van der Waals surface area contributed by atoms with Crippen molar-refractivity contribution in [3.05, 3.63) is 53.7 Å².